The molecular weight excluding hydrogens is 322 g/mol. The molecule has 1 amide bonds. The van der Waals surface area contributed by atoms with Gasteiger partial charge in [-0.05, 0) is 19.8 Å². The van der Waals surface area contributed by atoms with Crippen LogP contribution in [-0.2, 0) is 23.9 Å². The molecule has 1 unspecified atom stereocenters. The van der Waals surface area contributed by atoms with Crippen LogP contribution >= 0.6 is 0 Å². The average molecular weight is 347 g/mol. The van der Waals surface area contributed by atoms with Crippen LogP contribution in [0.5, 0.6) is 0 Å². The Morgan fingerprint density at radius 1 is 1.48 bits per heavy atom. The molecule has 8 heteroatoms. The van der Waals surface area contributed by atoms with E-state index >= 15 is 0 Å². The van der Waals surface area contributed by atoms with Gasteiger partial charge in [0, 0.05) is 37.6 Å². The average Bonchev–Trinajstić information content (AvgIpc) is 3.31. The van der Waals surface area contributed by atoms with E-state index in [0.29, 0.717) is 23.8 Å². The van der Waals surface area contributed by atoms with Gasteiger partial charge in [-0.15, -0.1) is 0 Å². The number of aliphatic hydroxyl groups is 1. The first-order valence-corrected chi connectivity index (χ1v) is 8.75. The second-order valence-corrected chi connectivity index (χ2v) is 6.98. The van der Waals surface area contributed by atoms with E-state index in [2.05, 4.69) is 20.6 Å². The molecule has 2 N–H and O–H groups in total. The van der Waals surface area contributed by atoms with E-state index in [0.717, 1.165) is 18.7 Å². The minimum atomic E-state index is -1.16. The maximum absolute atomic E-state index is 12.0. The van der Waals surface area contributed by atoms with E-state index in [1.807, 2.05) is 0 Å². The summed E-state index contributed by atoms with van der Waals surface area (Å²) in [5.41, 5.74) is -0.502. The van der Waals surface area contributed by atoms with Crippen LogP contribution in [0.4, 0.5) is 0 Å². The van der Waals surface area contributed by atoms with Crippen molar-refractivity contribution in [3.05, 3.63) is 29.7 Å². The number of amides is 1. The predicted molar refractivity (Wildman–Crippen MR) is 89.6 cm³/mol. The molecule has 8 nitrogen and oxygen atoms in total. The zero-order valence-electron chi connectivity index (χ0n) is 14.7. The Balaban J connectivity index is 1.45. The third-order valence-corrected chi connectivity index (χ3v) is 4.73. The van der Waals surface area contributed by atoms with Crippen LogP contribution < -0.4 is 5.32 Å². The second kappa shape index (κ2) is 7.35. The van der Waals surface area contributed by atoms with Crippen molar-refractivity contribution in [2.75, 3.05) is 6.54 Å². The molecule has 1 aliphatic carbocycles. The van der Waals surface area contributed by atoms with Crippen molar-refractivity contribution in [3.63, 3.8) is 0 Å². The van der Waals surface area contributed by atoms with E-state index in [9.17, 15) is 9.90 Å². The number of aryl methyl sites for hydroxylation is 2. The van der Waals surface area contributed by atoms with Gasteiger partial charge in [0.1, 0.15) is 5.60 Å². The Bertz CT molecular complexity index is 715. The van der Waals surface area contributed by atoms with Crippen molar-refractivity contribution in [1.29, 1.82) is 0 Å². The van der Waals surface area contributed by atoms with Gasteiger partial charge in [0.2, 0.25) is 11.8 Å². The van der Waals surface area contributed by atoms with Gasteiger partial charge in [0.05, 0.1) is 12.7 Å². The van der Waals surface area contributed by atoms with Crippen molar-refractivity contribution < 1.29 is 14.4 Å². The summed E-state index contributed by atoms with van der Waals surface area (Å²) < 4.78 is 6.86. The fraction of sp³-hybridized carbons (Fsp3) is 0.647. The van der Waals surface area contributed by atoms with Gasteiger partial charge in [-0.1, -0.05) is 18.0 Å². The molecule has 2 aromatic rings. The number of aromatic nitrogens is 4. The first kappa shape index (κ1) is 17.6. The highest BCUT2D eigenvalue weighted by Crippen LogP contribution is 2.32. The highest BCUT2D eigenvalue weighted by molar-refractivity contribution is 5.76. The first-order valence-electron chi connectivity index (χ1n) is 8.75. The van der Waals surface area contributed by atoms with Crippen LogP contribution in [0.25, 0.3) is 0 Å². The molecule has 2 heterocycles. The molecule has 1 aliphatic rings. The first-order chi connectivity index (χ1) is 11.9. The summed E-state index contributed by atoms with van der Waals surface area (Å²) in [6, 6.07) is 0. The smallest absolute Gasteiger partial charge is 0.227 e. The third-order valence-electron chi connectivity index (χ3n) is 4.73. The molecule has 2 aromatic heterocycles. The normalized spacial score (nSPS) is 17.6. The predicted octanol–water partition coefficient (Wildman–Crippen LogP) is 1.42. The molecular formula is C17H25N5O3. The Morgan fingerprint density at radius 3 is 2.92 bits per heavy atom. The summed E-state index contributed by atoms with van der Waals surface area (Å²) in [5, 5.41) is 21.3. The molecule has 136 valence electrons. The van der Waals surface area contributed by atoms with Crippen molar-refractivity contribution in [2.45, 2.75) is 57.0 Å². The highest BCUT2D eigenvalue weighted by Gasteiger charge is 2.26. The second-order valence-electron chi connectivity index (χ2n) is 6.98. The Kier molecular flexibility index (Phi) is 5.17. The van der Waals surface area contributed by atoms with Crippen molar-refractivity contribution >= 4 is 5.91 Å². The van der Waals surface area contributed by atoms with Crippen LogP contribution in [0.15, 0.2) is 16.9 Å². The van der Waals surface area contributed by atoms with Crippen LogP contribution in [0.1, 0.15) is 62.2 Å². The number of carbonyl (C=O) groups excluding carboxylic acids is 1. The number of hydrogen-bond donors (Lipinski definition) is 2. The lowest BCUT2D eigenvalue weighted by Gasteiger charge is -2.22. The van der Waals surface area contributed by atoms with E-state index < -0.39 is 5.60 Å². The van der Waals surface area contributed by atoms with Crippen molar-refractivity contribution in [2.24, 2.45) is 7.05 Å². The van der Waals surface area contributed by atoms with Gasteiger partial charge in [0.25, 0.3) is 0 Å². The van der Waals surface area contributed by atoms with Crippen molar-refractivity contribution in [3.8, 4) is 0 Å². The molecule has 1 atom stereocenters. The van der Waals surface area contributed by atoms with Gasteiger partial charge in [-0.2, -0.15) is 10.1 Å². The maximum atomic E-state index is 12.0. The fourth-order valence-electron chi connectivity index (χ4n) is 3.10. The molecule has 0 saturated heterocycles. The summed E-state index contributed by atoms with van der Waals surface area (Å²) >= 11 is 0. The van der Waals surface area contributed by atoms with Crippen LogP contribution in [-0.4, -0.2) is 37.5 Å². The largest absolute Gasteiger partial charge is 0.383 e. The summed E-state index contributed by atoms with van der Waals surface area (Å²) in [4.78, 5) is 16.4. The zero-order chi connectivity index (χ0) is 17.9. The SMILES string of the molecule is Cn1cc(C(C)(O)CNC(=O)CCc2nc(C3CCCC3)no2)cn1. The molecule has 0 bridgehead atoms. The minimum absolute atomic E-state index is 0.120. The number of nitrogens with zero attached hydrogens (tertiary/aromatic N) is 4. The van der Waals surface area contributed by atoms with Gasteiger partial charge in [0.15, 0.2) is 5.82 Å². The molecule has 3 rings (SSSR count). The molecule has 0 aliphatic heterocycles. The highest BCUT2D eigenvalue weighted by atomic mass is 16.5. The molecule has 25 heavy (non-hydrogen) atoms. The van der Waals surface area contributed by atoms with E-state index in [4.69, 9.17) is 4.52 Å². The van der Waals surface area contributed by atoms with Gasteiger partial charge in [-0.25, -0.2) is 0 Å². The summed E-state index contributed by atoms with van der Waals surface area (Å²) in [7, 11) is 1.78. The molecule has 0 spiro atoms. The topological polar surface area (TPSA) is 106 Å². The summed E-state index contributed by atoms with van der Waals surface area (Å²) in [6.45, 7) is 1.77. The summed E-state index contributed by atoms with van der Waals surface area (Å²) in [5.74, 6) is 1.51. The molecule has 1 saturated carbocycles. The lowest BCUT2D eigenvalue weighted by Crippen LogP contribution is -2.38. The third kappa shape index (κ3) is 4.45. The van der Waals surface area contributed by atoms with Crippen molar-refractivity contribution in [1.82, 2.24) is 25.2 Å². The minimum Gasteiger partial charge on any atom is -0.383 e. The molecule has 0 radical (unpaired) electrons. The van der Waals surface area contributed by atoms with E-state index in [1.54, 1.807) is 31.0 Å². The number of nitrogens with one attached hydrogen (secondary N) is 1. The molecule has 1 fully saturated rings. The number of rotatable bonds is 7. The van der Waals surface area contributed by atoms with E-state index in [-0.39, 0.29) is 18.9 Å². The Morgan fingerprint density at radius 2 is 2.24 bits per heavy atom. The monoisotopic (exact) mass is 347 g/mol. The lowest BCUT2D eigenvalue weighted by molar-refractivity contribution is -0.122. The quantitative estimate of drug-likeness (QED) is 0.784. The number of carbonyl (C=O) groups is 1. The van der Waals surface area contributed by atoms with Crippen LogP contribution in [0.2, 0.25) is 0 Å². The lowest BCUT2D eigenvalue weighted by atomic mass is 10.00. The fourth-order valence-corrected chi connectivity index (χ4v) is 3.10. The zero-order valence-corrected chi connectivity index (χ0v) is 14.7. The Labute approximate surface area is 146 Å². The van der Waals surface area contributed by atoms with Gasteiger partial charge in [-0.3, -0.25) is 9.48 Å². The van der Waals surface area contributed by atoms with Crippen LogP contribution in [0.3, 0.4) is 0 Å². The molecule has 0 aromatic carbocycles. The Hall–Kier alpha value is -2.22. The number of hydrogen-bond acceptors (Lipinski definition) is 6. The van der Waals surface area contributed by atoms with Gasteiger partial charge >= 0.3 is 0 Å². The summed E-state index contributed by atoms with van der Waals surface area (Å²) in [6.07, 6.45) is 8.63. The van der Waals surface area contributed by atoms with Gasteiger partial charge < -0.3 is 14.9 Å². The standard InChI is InChI=1S/C17H25N5O3/c1-17(24,13-9-19-22(2)10-13)11-18-14(23)7-8-15-20-16(21-25-15)12-5-3-4-6-12/h9-10,12,24H,3-8,11H2,1-2H3,(H,18,23). The maximum Gasteiger partial charge on any atom is 0.227 e. The van der Waals surface area contributed by atoms with E-state index in [1.165, 1.54) is 12.8 Å². The van der Waals surface area contributed by atoms with Crippen LogP contribution in [0, 0.1) is 0 Å².